The summed E-state index contributed by atoms with van der Waals surface area (Å²) in [7, 11) is 1.29. The third-order valence-corrected chi connectivity index (χ3v) is 4.28. The van der Waals surface area contributed by atoms with Crippen molar-refractivity contribution in [1.82, 2.24) is 4.90 Å². The van der Waals surface area contributed by atoms with E-state index in [0.717, 1.165) is 12.8 Å². The van der Waals surface area contributed by atoms with Crippen LogP contribution < -0.4 is 0 Å². The number of halogens is 1. The molecular weight excluding hydrogens is 261 g/mol. The Morgan fingerprint density at radius 2 is 2.15 bits per heavy atom. The number of benzene rings is 1. The summed E-state index contributed by atoms with van der Waals surface area (Å²) in [5.41, 5.74) is 1.20. The number of ether oxygens (including phenoxy) is 1. The van der Waals surface area contributed by atoms with Crippen LogP contribution >= 0.6 is 0 Å². The van der Waals surface area contributed by atoms with Crippen LogP contribution in [0.3, 0.4) is 0 Å². The van der Waals surface area contributed by atoms with Gasteiger partial charge in [0.2, 0.25) is 0 Å². The molecule has 20 heavy (non-hydrogen) atoms. The van der Waals surface area contributed by atoms with Gasteiger partial charge in [0.1, 0.15) is 12.4 Å². The topological polar surface area (TPSA) is 46.6 Å². The molecule has 5 heteroatoms. The number of carbonyl (C=O) groups is 2. The van der Waals surface area contributed by atoms with E-state index in [1.54, 1.807) is 19.1 Å². The number of methoxy groups -OCH3 is 1. The minimum atomic E-state index is -0.454. The number of esters is 1. The molecular formula is C15H16FNO3. The van der Waals surface area contributed by atoms with E-state index >= 15 is 0 Å². The van der Waals surface area contributed by atoms with E-state index in [-0.39, 0.29) is 23.7 Å². The lowest BCUT2D eigenvalue weighted by Crippen LogP contribution is -2.46. The second-order valence-corrected chi connectivity index (χ2v) is 5.64. The predicted octanol–water partition coefficient (Wildman–Crippen LogP) is 1.79. The van der Waals surface area contributed by atoms with Crippen LogP contribution in [-0.4, -0.2) is 37.0 Å². The van der Waals surface area contributed by atoms with Gasteiger partial charge < -0.3 is 9.64 Å². The van der Waals surface area contributed by atoms with E-state index in [9.17, 15) is 14.0 Å². The second-order valence-electron chi connectivity index (χ2n) is 5.64. The Morgan fingerprint density at radius 3 is 2.75 bits per heavy atom. The lowest BCUT2D eigenvalue weighted by Gasteiger charge is -2.34. The zero-order valence-electron chi connectivity index (χ0n) is 11.5. The molecule has 1 aliphatic carbocycles. The Kier molecular flexibility index (Phi) is 2.81. The molecule has 0 aromatic heterocycles. The van der Waals surface area contributed by atoms with E-state index in [1.807, 2.05) is 0 Å². The van der Waals surface area contributed by atoms with Crippen LogP contribution in [0.2, 0.25) is 0 Å². The smallest absolute Gasteiger partial charge is 0.325 e. The molecule has 0 bridgehead atoms. The van der Waals surface area contributed by atoms with Gasteiger partial charge in [-0.25, -0.2) is 4.39 Å². The van der Waals surface area contributed by atoms with E-state index in [0.29, 0.717) is 23.2 Å². The maximum Gasteiger partial charge on any atom is 0.325 e. The summed E-state index contributed by atoms with van der Waals surface area (Å²) in [4.78, 5) is 25.3. The van der Waals surface area contributed by atoms with Crippen LogP contribution in [0.4, 0.5) is 4.39 Å². The number of fused-ring (bicyclic) bond motifs is 2. The molecule has 106 valence electrons. The SMILES string of the molecule is COC(=O)CN1CC2(CC2)c2c(ccc(C)c2F)C1=O. The van der Waals surface area contributed by atoms with E-state index < -0.39 is 5.97 Å². The minimum Gasteiger partial charge on any atom is -0.468 e. The number of hydrogen-bond acceptors (Lipinski definition) is 3. The van der Waals surface area contributed by atoms with Crippen LogP contribution in [0.5, 0.6) is 0 Å². The highest BCUT2D eigenvalue weighted by Crippen LogP contribution is 2.53. The van der Waals surface area contributed by atoms with Crippen molar-refractivity contribution in [2.75, 3.05) is 20.2 Å². The molecule has 1 aliphatic heterocycles. The molecule has 4 nitrogen and oxygen atoms in total. The largest absolute Gasteiger partial charge is 0.468 e. The monoisotopic (exact) mass is 277 g/mol. The summed E-state index contributed by atoms with van der Waals surface area (Å²) in [6.07, 6.45) is 1.71. The van der Waals surface area contributed by atoms with E-state index in [1.165, 1.54) is 12.0 Å². The number of amides is 1. The molecule has 1 aromatic carbocycles. The van der Waals surface area contributed by atoms with Crippen molar-refractivity contribution in [3.8, 4) is 0 Å². The van der Waals surface area contributed by atoms with Gasteiger partial charge in [-0.1, -0.05) is 6.07 Å². The lowest BCUT2D eigenvalue weighted by atomic mass is 9.85. The molecule has 1 saturated carbocycles. The summed E-state index contributed by atoms with van der Waals surface area (Å²) in [6.45, 7) is 2.03. The first-order valence-electron chi connectivity index (χ1n) is 6.64. The summed E-state index contributed by atoms with van der Waals surface area (Å²) in [5.74, 6) is -1.02. The molecule has 0 N–H and O–H groups in total. The number of rotatable bonds is 2. The van der Waals surface area contributed by atoms with Gasteiger partial charge in [-0.05, 0) is 31.4 Å². The summed E-state index contributed by atoms with van der Waals surface area (Å²) >= 11 is 0. The highest BCUT2D eigenvalue weighted by Gasteiger charge is 2.53. The van der Waals surface area contributed by atoms with Gasteiger partial charge in [-0.3, -0.25) is 9.59 Å². The average molecular weight is 277 g/mol. The zero-order valence-corrected chi connectivity index (χ0v) is 11.5. The van der Waals surface area contributed by atoms with Crippen molar-refractivity contribution in [2.45, 2.75) is 25.2 Å². The van der Waals surface area contributed by atoms with Crippen molar-refractivity contribution in [3.63, 3.8) is 0 Å². The maximum absolute atomic E-state index is 14.4. The van der Waals surface area contributed by atoms with E-state index in [4.69, 9.17) is 0 Å². The van der Waals surface area contributed by atoms with Gasteiger partial charge in [0, 0.05) is 23.1 Å². The fraction of sp³-hybridized carbons (Fsp3) is 0.467. The quantitative estimate of drug-likeness (QED) is 0.774. The first kappa shape index (κ1) is 13.1. The lowest BCUT2D eigenvalue weighted by molar-refractivity contribution is -0.141. The zero-order chi connectivity index (χ0) is 14.5. The van der Waals surface area contributed by atoms with Crippen LogP contribution in [-0.2, 0) is 14.9 Å². The van der Waals surface area contributed by atoms with Gasteiger partial charge in [-0.15, -0.1) is 0 Å². The fourth-order valence-corrected chi connectivity index (χ4v) is 2.97. The summed E-state index contributed by atoms with van der Waals surface area (Å²) < 4.78 is 19.0. The molecule has 0 unspecified atom stereocenters. The molecule has 1 heterocycles. The third kappa shape index (κ3) is 1.80. The molecule has 1 amide bonds. The number of nitrogens with zero attached hydrogens (tertiary/aromatic N) is 1. The molecule has 2 aliphatic rings. The fourth-order valence-electron chi connectivity index (χ4n) is 2.97. The van der Waals surface area contributed by atoms with Gasteiger partial charge in [0.25, 0.3) is 5.91 Å². The van der Waals surface area contributed by atoms with Gasteiger partial charge >= 0.3 is 5.97 Å². The second kappa shape index (κ2) is 4.30. The molecule has 0 atom stereocenters. The molecule has 3 rings (SSSR count). The van der Waals surface area contributed by atoms with Crippen LogP contribution in [0.15, 0.2) is 12.1 Å². The average Bonchev–Trinajstić information content (AvgIpc) is 3.19. The summed E-state index contributed by atoms with van der Waals surface area (Å²) in [5, 5.41) is 0. The van der Waals surface area contributed by atoms with Gasteiger partial charge in [-0.2, -0.15) is 0 Å². The van der Waals surface area contributed by atoms with Crippen LogP contribution in [0.25, 0.3) is 0 Å². The Labute approximate surface area is 116 Å². The predicted molar refractivity (Wildman–Crippen MR) is 70.0 cm³/mol. The molecule has 0 radical (unpaired) electrons. The Bertz CT molecular complexity index is 607. The first-order chi connectivity index (χ1) is 9.48. The maximum atomic E-state index is 14.4. The van der Waals surface area contributed by atoms with Crippen molar-refractivity contribution >= 4 is 11.9 Å². The van der Waals surface area contributed by atoms with Crippen molar-refractivity contribution < 1.29 is 18.7 Å². The molecule has 1 spiro atoms. The van der Waals surface area contributed by atoms with Gasteiger partial charge in [0.15, 0.2) is 0 Å². The molecule has 0 saturated heterocycles. The molecule has 1 aromatic rings. The first-order valence-corrected chi connectivity index (χ1v) is 6.64. The standard InChI is InChI=1S/C15H16FNO3/c1-9-3-4-10-12(13(9)16)15(5-6-15)8-17(14(10)19)7-11(18)20-2/h3-4H,5-8H2,1-2H3. The highest BCUT2D eigenvalue weighted by molar-refractivity contribution is 5.99. The summed E-state index contributed by atoms with van der Waals surface area (Å²) in [6, 6.07) is 3.28. The van der Waals surface area contributed by atoms with Crippen LogP contribution in [0, 0.1) is 12.7 Å². The Morgan fingerprint density at radius 1 is 1.45 bits per heavy atom. The van der Waals surface area contributed by atoms with Gasteiger partial charge in [0.05, 0.1) is 7.11 Å². The molecule has 1 fully saturated rings. The van der Waals surface area contributed by atoms with Crippen molar-refractivity contribution in [1.29, 1.82) is 0 Å². The number of aryl methyl sites for hydroxylation is 1. The third-order valence-electron chi connectivity index (χ3n) is 4.28. The Balaban J connectivity index is 2.04. The van der Waals surface area contributed by atoms with E-state index in [2.05, 4.69) is 4.74 Å². The number of hydrogen-bond donors (Lipinski definition) is 0. The normalized spacial score (nSPS) is 18.9. The van der Waals surface area contributed by atoms with Crippen molar-refractivity contribution in [3.05, 3.63) is 34.6 Å². The number of carbonyl (C=O) groups excluding carboxylic acids is 2. The Hall–Kier alpha value is -1.91. The minimum absolute atomic E-state index is 0.0774. The van der Waals surface area contributed by atoms with Crippen molar-refractivity contribution in [2.24, 2.45) is 0 Å². The van der Waals surface area contributed by atoms with Crippen LogP contribution in [0.1, 0.15) is 34.3 Å². The highest BCUT2D eigenvalue weighted by atomic mass is 19.1.